The van der Waals surface area contributed by atoms with Crippen molar-refractivity contribution in [1.29, 1.82) is 0 Å². The largest absolute Gasteiger partial charge is 0.313 e. The maximum absolute atomic E-state index is 2.57. The molecule has 208 valence electrons. The van der Waals surface area contributed by atoms with Gasteiger partial charge in [0.25, 0.3) is 0 Å². The summed E-state index contributed by atoms with van der Waals surface area (Å²) in [5.74, 6) is 1.08. The van der Waals surface area contributed by atoms with E-state index in [1.165, 1.54) is 71.7 Å². The first kappa shape index (κ1) is 24.3. The van der Waals surface area contributed by atoms with Gasteiger partial charge in [-0.05, 0) is 80.4 Å². The van der Waals surface area contributed by atoms with Gasteiger partial charge in [0.2, 0.25) is 0 Å². The normalized spacial score (nSPS) is 22.1. The molecule has 4 aliphatic carbocycles. The zero-order valence-electron chi connectivity index (χ0n) is 24.4. The standard InChI is InChI=1S/C43H31N/c1-4-12-34-28(9-1)21-24-40-41(34)42-37-15-7-5-13-35(37)36-14-6-8-16-38(36)43(42)44(40)32-22-19-27(20-23-32)29-17-18-31-25-30-10-2-3-11-33(30)39(31)26-29/h1-24,37,39,42H,25-26H2. The highest BCUT2D eigenvalue weighted by molar-refractivity contribution is 6.03. The Kier molecular flexibility index (Phi) is 5.07. The van der Waals surface area contributed by atoms with E-state index in [1.807, 2.05) is 0 Å². The summed E-state index contributed by atoms with van der Waals surface area (Å²) < 4.78 is 0. The highest BCUT2D eigenvalue weighted by Crippen LogP contribution is 2.56. The number of allylic oxidation sites excluding steroid dienone is 8. The molecule has 5 aliphatic rings. The van der Waals surface area contributed by atoms with Crippen molar-refractivity contribution in [1.82, 2.24) is 0 Å². The van der Waals surface area contributed by atoms with Crippen LogP contribution >= 0.6 is 0 Å². The fourth-order valence-electron chi connectivity index (χ4n) is 8.73. The summed E-state index contributed by atoms with van der Waals surface area (Å²) in [6, 6.07) is 41.0. The predicted octanol–water partition coefficient (Wildman–Crippen LogP) is 8.84. The van der Waals surface area contributed by atoms with E-state index in [2.05, 4.69) is 151 Å². The van der Waals surface area contributed by atoms with Gasteiger partial charge >= 0.3 is 0 Å². The van der Waals surface area contributed by atoms with Crippen LogP contribution in [-0.2, 0) is 6.42 Å². The van der Waals surface area contributed by atoms with Gasteiger partial charge < -0.3 is 4.90 Å². The molecule has 5 aromatic rings. The quantitative estimate of drug-likeness (QED) is 0.208. The number of anilines is 2. The molecular weight excluding hydrogens is 530 g/mol. The third kappa shape index (κ3) is 3.36. The zero-order chi connectivity index (χ0) is 28.8. The molecular formula is C43H31N. The van der Waals surface area contributed by atoms with Crippen molar-refractivity contribution in [3.63, 3.8) is 0 Å². The van der Waals surface area contributed by atoms with Crippen molar-refractivity contribution < 1.29 is 0 Å². The smallest absolute Gasteiger partial charge is 0.0504 e. The van der Waals surface area contributed by atoms with E-state index in [1.54, 1.807) is 5.57 Å². The van der Waals surface area contributed by atoms with Crippen LogP contribution in [-0.4, -0.2) is 0 Å². The van der Waals surface area contributed by atoms with E-state index >= 15 is 0 Å². The Morgan fingerprint density at radius 3 is 2.43 bits per heavy atom. The molecule has 5 aromatic carbocycles. The summed E-state index contributed by atoms with van der Waals surface area (Å²) in [7, 11) is 0. The minimum Gasteiger partial charge on any atom is -0.313 e. The van der Waals surface area contributed by atoms with Gasteiger partial charge in [0.05, 0.1) is 5.69 Å². The molecule has 0 amide bonds. The first-order chi connectivity index (χ1) is 21.8. The lowest BCUT2D eigenvalue weighted by atomic mass is 9.73. The zero-order valence-corrected chi connectivity index (χ0v) is 24.4. The molecule has 3 unspecified atom stereocenters. The molecule has 0 saturated heterocycles. The Bertz CT molecular complexity index is 2290. The molecule has 10 rings (SSSR count). The van der Waals surface area contributed by atoms with Gasteiger partial charge in [-0.15, -0.1) is 0 Å². The Labute approximate surface area is 257 Å². The van der Waals surface area contributed by atoms with Gasteiger partial charge in [0.1, 0.15) is 0 Å². The average Bonchev–Trinajstić information content (AvgIpc) is 3.65. The fraction of sp³-hybridized carbons (Fsp3) is 0.116. The van der Waals surface area contributed by atoms with Crippen LogP contribution in [0.2, 0.25) is 0 Å². The van der Waals surface area contributed by atoms with Crippen molar-refractivity contribution in [2.24, 2.45) is 5.92 Å². The van der Waals surface area contributed by atoms with E-state index in [4.69, 9.17) is 0 Å². The van der Waals surface area contributed by atoms with Crippen molar-refractivity contribution in [2.45, 2.75) is 24.7 Å². The number of hydrogen-bond acceptors (Lipinski definition) is 1. The summed E-state index contributed by atoms with van der Waals surface area (Å²) in [6.45, 7) is 0. The minimum atomic E-state index is 0.258. The van der Waals surface area contributed by atoms with E-state index < -0.39 is 0 Å². The average molecular weight is 562 g/mol. The van der Waals surface area contributed by atoms with E-state index in [0.717, 1.165) is 12.8 Å². The summed E-state index contributed by atoms with van der Waals surface area (Å²) in [5.41, 5.74) is 14.2. The van der Waals surface area contributed by atoms with Crippen molar-refractivity contribution >= 4 is 39.0 Å². The molecule has 0 radical (unpaired) electrons. The maximum Gasteiger partial charge on any atom is 0.0504 e. The van der Waals surface area contributed by atoms with Gasteiger partial charge in [-0.25, -0.2) is 0 Å². The van der Waals surface area contributed by atoms with Crippen LogP contribution in [0.25, 0.3) is 27.6 Å². The Morgan fingerprint density at radius 1 is 0.682 bits per heavy atom. The molecule has 3 atom stereocenters. The molecule has 1 nitrogen and oxygen atoms in total. The lowest BCUT2D eigenvalue weighted by Gasteiger charge is -2.32. The monoisotopic (exact) mass is 561 g/mol. The number of fused-ring (bicyclic) bond motifs is 11. The van der Waals surface area contributed by atoms with Gasteiger partial charge in [0.15, 0.2) is 0 Å². The van der Waals surface area contributed by atoms with Crippen LogP contribution < -0.4 is 15.3 Å². The van der Waals surface area contributed by atoms with Crippen molar-refractivity contribution in [3.8, 4) is 0 Å². The van der Waals surface area contributed by atoms with Crippen LogP contribution in [0.1, 0.15) is 40.5 Å². The molecule has 0 fully saturated rings. The van der Waals surface area contributed by atoms with Gasteiger partial charge in [0, 0.05) is 34.4 Å². The molecule has 1 heteroatoms. The van der Waals surface area contributed by atoms with E-state index in [-0.39, 0.29) is 5.92 Å². The molecule has 0 bridgehead atoms. The summed E-state index contributed by atoms with van der Waals surface area (Å²) in [6.07, 6.45) is 16.1. The molecule has 1 heterocycles. The second-order valence-corrected chi connectivity index (χ2v) is 12.8. The predicted molar refractivity (Wildman–Crippen MR) is 183 cm³/mol. The third-order valence-corrected chi connectivity index (χ3v) is 10.7. The van der Waals surface area contributed by atoms with Gasteiger partial charge in [-0.3, -0.25) is 0 Å². The molecule has 44 heavy (non-hydrogen) atoms. The SMILES string of the molecule is C1=CC2=c3ccccc3=C3C(c4c(ccc5ccccc45)N3c3ccc(C4=CC=C5Cc6ccccc6C5C4)cc3)C2C=C1. The number of nitrogens with zero attached hydrogens (tertiary/aromatic N) is 1. The van der Waals surface area contributed by atoms with Gasteiger partial charge in [-0.1, -0.05) is 133 Å². The van der Waals surface area contributed by atoms with E-state index in [0.29, 0.717) is 11.8 Å². The van der Waals surface area contributed by atoms with E-state index in [9.17, 15) is 0 Å². The first-order valence-electron chi connectivity index (χ1n) is 15.9. The first-order valence-corrected chi connectivity index (χ1v) is 15.9. The Hall–Kier alpha value is -5.14. The highest BCUT2D eigenvalue weighted by Gasteiger charge is 2.43. The molecule has 0 N–H and O–H groups in total. The lowest BCUT2D eigenvalue weighted by Crippen LogP contribution is -2.40. The summed E-state index contributed by atoms with van der Waals surface area (Å²) >= 11 is 0. The van der Waals surface area contributed by atoms with Crippen LogP contribution in [0.5, 0.6) is 0 Å². The van der Waals surface area contributed by atoms with Crippen LogP contribution in [0.15, 0.2) is 151 Å². The minimum absolute atomic E-state index is 0.258. The van der Waals surface area contributed by atoms with Gasteiger partial charge in [-0.2, -0.15) is 0 Å². The molecule has 0 spiro atoms. The lowest BCUT2D eigenvalue weighted by molar-refractivity contribution is 0.738. The van der Waals surface area contributed by atoms with Crippen LogP contribution in [0.4, 0.5) is 11.4 Å². The summed E-state index contributed by atoms with van der Waals surface area (Å²) in [5, 5.41) is 5.37. The number of benzene rings is 5. The highest BCUT2D eigenvalue weighted by atomic mass is 15.2. The second-order valence-electron chi connectivity index (χ2n) is 12.8. The van der Waals surface area contributed by atoms with Crippen LogP contribution in [0, 0.1) is 5.92 Å². The number of rotatable bonds is 2. The topological polar surface area (TPSA) is 3.24 Å². The maximum atomic E-state index is 2.57. The fourth-order valence-corrected chi connectivity index (χ4v) is 8.73. The second kappa shape index (κ2) is 9.18. The van der Waals surface area contributed by atoms with Crippen LogP contribution in [0.3, 0.4) is 0 Å². The molecule has 0 saturated carbocycles. The van der Waals surface area contributed by atoms with Crippen molar-refractivity contribution in [3.05, 3.63) is 184 Å². The Morgan fingerprint density at radius 2 is 1.50 bits per heavy atom. The third-order valence-electron chi connectivity index (χ3n) is 10.7. The number of hydrogen-bond donors (Lipinski definition) is 0. The summed E-state index contributed by atoms with van der Waals surface area (Å²) in [4.78, 5) is 2.57. The molecule has 0 aromatic heterocycles. The van der Waals surface area contributed by atoms with Crippen molar-refractivity contribution in [2.75, 3.05) is 4.90 Å². The molecule has 1 aliphatic heterocycles. The Balaban J connectivity index is 1.13.